The van der Waals surface area contributed by atoms with Gasteiger partial charge < -0.3 is 10.3 Å². The van der Waals surface area contributed by atoms with Gasteiger partial charge in [0.2, 0.25) is 10.0 Å². The van der Waals surface area contributed by atoms with E-state index in [-0.39, 0.29) is 0 Å². The van der Waals surface area contributed by atoms with Crippen LogP contribution >= 0.6 is 0 Å². The van der Waals surface area contributed by atoms with Crippen molar-refractivity contribution in [3.63, 3.8) is 0 Å². The second-order valence-electron chi connectivity index (χ2n) is 5.71. The van der Waals surface area contributed by atoms with E-state index in [9.17, 15) is 8.42 Å². The van der Waals surface area contributed by atoms with E-state index in [0.717, 1.165) is 44.3 Å². The molecule has 1 aliphatic heterocycles. The van der Waals surface area contributed by atoms with Crippen LogP contribution in [0, 0.1) is 0 Å². The third-order valence-electron chi connectivity index (χ3n) is 3.91. The van der Waals surface area contributed by atoms with Crippen LogP contribution < -0.4 is 5.32 Å². The first-order valence-electron chi connectivity index (χ1n) is 8.02. The lowest BCUT2D eigenvalue weighted by Crippen LogP contribution is -2.33. The molecule has 1 aliphatic rings. The zero-order chi connectivity index (χ0) is 15.1. The third kappa shape index (κ3) is 4.56. The van der Waals surface area contributed by atoms with Gasteiger partial charge in [-0.25, -0.2) is 8.42 Å². The number of rotatable bonds is 6. The molecule has 0 radical (unpaired) electrons. The molecule has 1 saturated heterocycles. The first-order chi connectivity index (χ1) is 10.1. The SMILES string of the molecule is CCCNCc1cc(S(=O)(=O)N2CCCCCCC2)c[nH]1. The Balaban J connectivity index is 2.03. The van der Waals surface area contributed by atoms with Crippen molar-refractivity contribution in [2.45, 2.75) is 56.9 Å². The number of hydrogen-bond acceptors (Lipinski definition) is 3. The molecular weight excluding hydrogens is 286 g/mol. The molecule has 1 fully saturated rings. The number of sulfonamides is 1. The van der Waals surface area contributed by atoms with Crippen molar-refractivity contribution in [1.82, 2.24) is 14.6 Å². The number of aromatic amines is 1. The van der Waals surface area contributed by atoms with Crippen molar-refractivity contribution in [2.75, 3.05) is 19.6 Å². The zero-order valence-electron chi connectivity index (χ0n) is 12.9. The molecule has 0 bridgehead atoms. The van der Waals surface area contributed by atoms with Crippen LogP contribution in [0.4, 0.5) is 0 Å². The predicted octanol–water partition coefficient (Wildman–Crippen LogP) is 2.47. The molecule has 6 heteroatoms. The molecule has 2 N–H and O–H groups in total. The Kier molecular flexibility index (Phi) is 6.26. The summed E-state index contributed by atoms with van der Waals surface area (Å²) < 4.78 is 27.0. The third-order valence-corrected chi connectivity index (χ3v) is 5.79. The average Bonchev–Trinajstić information content (AvgIpc) is 2.87. The van der Waals surface area contributed by atoms with Crippen LogP contribution in [0.2, 0.25) is 0 Å². The fourth-order valence-electron chi connectivity index (χ4n) is 2.68. The summed E-state index contributed by atoms with van der Waals surface area (Å²) in [5, 5.41) is 3.27. The van der Waals surface area contributed by atoms with Gasteiger partial charge in [0, 0.05) is 31.5 Å². The molecule has 21 heavy (non-hydrogen) atoms. The van der Waals surface area contributed by atoms with Crippen molar-refractivity contribution < 1.29 is 8.42 Å². The van der Waals surface area contributed by atoms with Gasteiger partial charge in [-0.2, -0.15) is 4.31 Å². The highest BCUT2D eigenvalue weighted by atomic mass is 32.2. The summed E-state index contributed by atoms with van der Waals surface area (Å²) >= 11 is 0. The van der Waals surface area contributed by atoms with Crippen LogP contribution in [-0.4, -0.2) is 37.3 Å². The molecule has 120 valence electrons. The largest absolute Gasteiger partial charge is 0.363 e. The molecule has 0 unspecified atom stereocenters. The van der Waals surface area contributed by atoms with Gasteiger partial charge in [-0.1, -0.05) is 26.2 Å². The summed E-state index contributed by atoms with van der Waals surface area (Å²) in [5.74, 6) is 0. The number of H-pyrrole nitrogens is 1. The second-order valence-corrected chi connectivity index (χ2v) is 7.65. The van der Waals surface area contributed by atoms with Crippen molar-refractivity contribution in [2.24, 2.45) is 0 Å². The van der Waals surface area contributed by atoms with E-state index in [0.29, 0.717) is 24.5 Å². The van der Waals surface area contributed by atoms with Crippen molar-refractivity contribution in [1.29, 1.82) is 0 Å². The summed E-state index contributed by atoms with van der Waals surface area (Å²) in [6.07, 6.45) is 8.11. The topological polar surface area (TPSA) is 65.2 Å². The Morgan fingerprint density at radius 2 is 1.86 bits per heavy atom. The maximum atomic E-state index is 12.7. The van der Waals surface area contributed by atoms with Crippen molar-refractivity contribution in [3.05, 3.63) is 18.0 Å². The van der Waals surface area contributed by atoms with Crippen LogP contribution in [0.25, 0.3) is 0 Å². The van der Waals surface area contributed by atoms with Gasteiger partial charge in [-0.05, 0) is 31.9 Å². The number of nitrogens with one attached hydrogen (secondary N) is 2. The molecule has 0 amide bonds. The Morgan fingerprint density at radius 3 is 2.52 bits per heavy atom. The lowest BCUT2D eigenvalue weighted by Gasteiger charge is -2.23. The molecule has 2 rings (SSSR count). The molecule has 1 aromatic heterocycles. The van der Waals surface area contributed by atoms with E-state index in [2.05, 4.69) is 17.2 Å². The zero-order valence-corrected chi connectivity index (χ0v) is 13.7. The molecule has 0 aliphatic carbocycles. The first-order valence-corrected chi connectivity index (χ1v) is 9.47. The Bertz CT molecular complexity index is 517. The van der Waals surface area contributed by atoms with Gasteiger partial charge in [-0.15, -0.1) is 0 Å². The Labute approximate surface area is 128 Å². The lowest BCUT2D eigenvalue weighted by molar-refractivity contribution is 0.364. The smallest absolute Gasteiger partial charge is 0.244 e. The summed E-state index contributed by atoms with van der Waals surface area (Å²) in [4.78, 5) is 3.47. The Morgan fingerprint density at radius 1 is 1.19 bits per heavy atom. The minimum atomic E-state index is -3.34. The van der Waals surface area contributed by atoms with E-state index in [1.165, 1.54) is 6.42 Å². The highest BCUT2D eigenvalue weighted by molar-refractivity contribution is 7.89. The molecule has 1 aromatic rings. The van der Waals surface area contributed by atoms with Crippen LogP contribution in [0.15, 0.2) is 17.2 Å². The van der Waals surface area contributed by atoms with Gasteiger partial charge in [0.05, 0.1) is 4.90 Å². The molecular formula is C15H27N3O2S. The van der Waals surface area contributed by atoms with Gasteiger partial charge in [0.1, 0.15) is 0 Å². The Hall–Kier alpha value is -0.850. The highest BCUT2D eigenvalue weighted by Gasteiger charge is 2.25. The van der Waals surface area contributed by atoms with Gasteiger partial charge in [0.25, 0.3) is 0 Å². The summed E-state index contributed by atoms with van der Waals surface area (Å²) in [7, 11) is -3.34. The van der Waals surface area contributed by atoms with E-state index in [4.69, 9.17) is 0 Å². The van der Waals surface area contributed by atoms with Gasteiger partial charge in [-0.3, -0.25) is 0 Å². The van der Waals surface area contributed by atoms with Crippen molar-refractivity contribution >= 4 is 10.0 Å². The van der Waals surface area contributed by atoms with Gasteiger partial charge in [0.15, 0.2) is 0 Å². The number of aromatic nitrogens is 1. The van der Waals surface area contributed by atoms with Crippen LogP contribution in [0.1, 0.15) is 51.1 Å². The molecule has 0 atom stereocenters. The first kappa shape index (κ1) is 16.5. The second kappa shape index (κ2) is 7.96. The van der Waals surface area contributed by atoms with E-state index < -0.39 is 10.0 Å². The standard InChI is InChI=1S/C15H27N3O2S/c1-2-8-16-12-14-11-15(13-17-14)21(19,20)18-9-6-4-3-5-7-10-18/h11,13,16-17H,2-10,12H2,1H3. The summed E-state index contributed by atoms with van der Waals surface area (Å²) in [5.41, 5.74) is 0.925. The number of nitrogens with zero attached hydrogens (tertiary/aromatic N) is 1. The highest BCUT2D eigenvalue weighted by Crippen LogP contribution is 2.20. The maximum Gasteiger partial charge on any atom is 0.244 e. The summed E-state index contributed by atoms with van der Waals surface area (Å²) in [6.45, 7) is 5.03. The number of hydrogen-bond donors (Lipinski definition) is 2. The monoisotopic (exact) mass is 313 g/mol. The summed E-state index contributed by atoms with van der Waals surface area (Å²) in [6, 6.07) is 1.76. The maximum absolute atomic E-state index is 12.7. The van der Waals surface area contributed by atoms with E-state index >= 15 is 0 Å². The van der Waals surface area contributed by atoms with E-state index in [1.807, 2.05) is 0 Å². The van der Waals surface area contributed by atoms with Crippen molar-refractivity contribution in [3.8, 4) is 0 Å². The average molecular weight is 313 g/mol. The minimum absolute atomic E-state index is 0.399. The van der Waals surface area contributed by atoms with Crippen LogP contribution in [0.3, 0.4) is 0 Å². The quantitative estimate of drug-likeness (QED) is 0.793. The fourth-order valence-corrected chi connectivity index (χ4v) is 4.21. The van der Waals surface area contributed by atoms with Crippen LogP contribution in [0.5, 0.6) is 0 Å². The minimum Gasteiger partial charge on any atom is -0.363 e. The molecule has 0 spiro atoms. The molecule has 5 nitrogen and oxygen atoms in total. The molecule has 2 heterocycles. The molecule has 0 aromatic carbocycles. The molecule has 0 saturated carbocycles. The lowest BCUT2D eigenvalue weighted by atomic mass is 10.1. The van der Waals surface area contributed by atoms with E-state index in [1.54, 1.807) is 16.6 Å². The van der Waals surface area contributed by atoms with Crippen LogP contribution in [-0.2, 0) is 16.6 Å². The fraction of sp³-hybridized carbons (Fsp3) is 0.733. The predicted molar refractivity (Wildman–Crippen MR) is 84.6 cm³/mol. The normalized spacial score (nSPS) is 18.3. The van der Waals surface area contributed by atoms with Gasteiger partial charge >= 0.3 is 0 Å².